The minimum Gasteiger partial charge on any atom is -0.486 e. The lowest BCUT2D eigenvalue weighted by Gasteiger charge is -2.12. The Morgan fingerprint density at radius 1 is 0.571 bits per heavy atom. The molecule has 0 aromatic heterocycles. The molecule has 4 aromatic carbocycles. The average molecular weight is 479 g/mol. The number of hydrogen-bond donors (Lipinski definition) is 0. The predicted octanol–water partition coefficient (Wildman–Crippen LogP) is 8.67. The van der Waals surface area contributed by atoms with Crippen LogP contribution in [0, 0.1) is 23.3 Å². The SMILES string of the molecule is CCCc1ccc(OCc2ccc(-c3ccc(-c4ccc(CC)cc4)c(F)c3F)cc2)c(F)c1F. The first kappa shape index (κ1) is 24.5. The van der Waals surface area contributed by atoms with Crippen LogP contribution in [0.25, 0.3) is 22.3 Å². The molecule has 4 aromatic rings. The molecular weight excluding hydrogens is 452 g/mol. The number of ether oxygens (including phenoxy) is 1. The normalized spacial score (nSPS) is 11.0. The maximum Gasteiger partial charge on any atom is 0.200 e. The van der Waals surface area contributed by atoms with E-state index in [1.165, 1.54) is 12.1 Å². The summed E-state index contributed by atoms with van der Waals surface area (Å²) in [6.07, 6.45) is 2.03. The Balaban J connectivity index is 1.50. The van der Waals surface area contributed by atoms with Crippen LogP contribution >= 0.6 is 0 Å². The van der Waals surface area contributed by atoms with Gasteiger partial charge in [0.05, 0.1) is 0 Å². The van der Waals surface area contributed by atoms with Gasteiger partial charge in [-0.2, -0.15) is 4.39 Å². The van der Waals surface area contributed by atoms with E-state index in [1.807, 2.05) is 26.0 Å². The van der Waals surface area contributed by atoms with Gasteiger partial charge in [0, 0.05) is 11.1 Å². The first-order chi connectivity index (χ1) is 16.9. The fraction of sp³-hybridized carbons (Fsp3) is 0.200. The Labute approximate surface area is 203 Å². The van der Waals surface area contributed by atoms with Crippen LogP contribution in [0.2, 0.25) is 0 Å². The van der Waals surface area contributed by atoms with Crippen LogP contribution < -0.4 is 4.74 Å². The molecule has 0 bridgehead atoms. The molecule has 0 spiro atoms. The summed E-state index contributed by atoms with van der Waals surface area (Å²) in [7, 11) is 0. The van der Waals surface area contributed by atoms with Crippen molar-refractivity contribution >= 4 is 0 Å². The summed E-state index contributed by atoms with van der Waals surface area (Å²) in [4.78, 5) is 0. The highest BCUT2D eigenvalue weighted by Gasteiger charge is 2.17. The summed E-state index contributed by atoms with van der Waals surface area (Å²) in [5, 5.41) is 0. The van der Waals surface area contributed by atoms with Gasteiger partial charge in [-0.1, -0.05) is 87.0 Å². The second-order valence-corrected chi connectivity index (χ2v) is 8.43. The van der Waals surface area contributed by atoms with E-state index < -0.39 is 23.3 Å². The lowest BCUT2D eigenvalue weighted by molar-refractivity contribution is 0.284. The molecule has 4 rings (SSSR count). The van der Waals surface area contributed by atoms with E-state index in [9.17, 15) is 17.6 Å². The van der Waals surface area contributed by atoms with Crippen molar-refractivity contribution < 1.29 is 22.3 Å². The Kier molecular flexibility index (Phi) is 7.54. The summed E-state index contributed by atoms with van der Waals surface area (Å²) >= 11 is 0. The van der Waals surface area contributed by atoms with Gasteiger partial charge in [-0.3, -0.25) is 0 Å². The highest BCUT2D eigenvalue weighted by molar-refractivity contribution is 5.72. The van der Waals surface area contributed by atoms with E-state index in [4.69, 9.17) is 4.74 Å². The van der Waals surface area contributed by atoms with Crippen molar-refractivity contribution in [2.45, 2.75) is 39.7 Å². The summed E-state index contributed by atoms with van der Waals surface area (Å²) in [6.45, 7) is 3.93. The third-order valence-corrected chi connectivity index (χ3v) is 6.06. The first-order valence-corrected chi connectivity index (χ1v) is 11.7. The van der Waals surface area contributed by atoms with E-state index in [-0.39, 0.29) is 23.5 Å². The second-order valence-electron chi connectivity index (χ2n) is 8.43. The number of aryl methyl sites for hydroxylation is 2. The van der Waals surface area contributed by atoms with Crippen LogP contribution in [-0.2, 0) is 19.4 Å². The molecule has 180 valence electrons. The molecule has 0 heterocycles. The topological polar surface area (TPSA) is 9.23 Å². The summed E-state index contributed by atoms with van der Waals surface area (Å²) < 4.78 is 63.7. The zero-order valence-electron chi connectivity index (χ0n) is 19.7. The van der Waals surface area contributed by atoms with E-state index in [0.29, 0.717) is 35.1 Å². The Morgan fingerprint density at radius 2 is 1.11 bits per heavy atom. The Bertz CT molecular complexity index is 1310. The van der Waals surface area contributed by atoms with Gasteiger partial charge >= 0.3 is 0 Å². The van der Waals surface area contributed by atoms with Crippen LogP contribution in [0.15, 0.2) is 72.8 Å². The van der Waals surface area contributed by atoms with E-state index in [2.05, 4.69) is 0 Å². The molecular formula is C30H26F4O. The molecule has 0 amide bonds. The molecule has 0 radical (unpaired) electrons. The Morgan fingerprint density at radius 3 is 1.63 bits per heavy atom. The molecule has 5 heteroatoms. The fourth-order valence-corrected chi connectivity index (χ4v) is 4.00. The maximum absolute atomic E-state index is 14.9. The van der Waals surface area contributed by atoms with Gasteiger partial charge in [0.2, 0.25) is 5.82 Å². The third kappa shape index (κ3) is 5.24. The number of halogens is 4. The van der Waals surface area contributed by atoms with Crippen molar-refractivity contribution in [1.82, 2.24) is 0 Å². The molecule has 0 N–H and O–H groups in total. The molecule has 0 saturated carbocycles. The van der Waals surface area contributed by atoms with Crippen molar-refractivity contribution in [2.75, 3.05) is 0 Å². The van der Waals surface area contributed by atoms with Gasteiger partial charge in [0.25, 0.3) is 0 Å². The molecule has 1 nitrogen and oxygen atoms in total. The number of rotatable bonds is 8. The molecule has 0 unspecified atom stereocenters. The first-order valence-electron chi connectivity index (χ1n) is 11.7. The molecule has 0 aliphatic carbocycles. The van der Waals surface area contributed by atoms with Crippen LogP contribution in [0.3, 0.4) is 0 Å². The van der Waals surface area contributed by atoms with Crippen molar-refractivity contribution in [3.05, 3.63) is 113 Å². The van der Waals surface area contributed by atoms with Crippen LogP contribution in [-0.4, -0.2) is 0 Å². The van der Waals surface area contributed by atoms with Gasteiger partial charge in [-0.05, 0) is 46.7 Å². The molecule has 35 heavy (non-hydrogen) atoms. The fourth-order valence-electron chi connectivity index (χ4n) is 4.00. The predicted molar refractivity (Wildman–Crippen MR) is 131 cm³/mol. The number of benzene rings is 4. The largest absolute Gasteiger partial charge is 0.486 e. The lowest BCUT2D eigenvalue weighted by atomic mass is 9.97. The molecule has 0 fully saturated rings. The Hall–Kier alpha value is -3.60. The van der Waals surface area contributed by atoms with E-state index in [0.717, 1.165) is 12.0 Å². The zero-order valence-corrected chi connectivity index (χ0v) is 19.7. The van der Waals surface area contributed by atoms with Crippen molar-refractivity contribution in [3.8, 4) is 28.0 Å². The van der Waals surface area contributed by atoms with E-state index in [1.54, 1.807) is 48.5 Å². The summed E-state index contributed by atoms with van der Waals surface area (Å²) in [5.41, 5.74) is 3.58. The zero-order chi connectivity index (χ0) is 24.9. The van der Waals surface area contributed by atoms with Gasteiger partial charge in [-0.25, -0.2) is 13.2 Å². The smallest absolute Gasteiger partial charge is 0.200 e. The van der Waals surface area contributed by atoms with Crippen molar-refractivity contribution in [3.63, 3.8) is 0 Å². The standard InChI is InChI=1S/C30H26F4O/c1-3-5-23-14-17-26(30(34)27(23)31)35-18-20-8-12-22(13-9-20)25-16-15-24(28(32)29(25)33)21-10-6-19(4-2)7-11-21/h6-17H,3-5,18H2,1-2H3. The van der Waals surface area contributed by atoms with Crippen LogP contribution in [0.4, 0.5) is 17.6 Å². The van der Waals surface area contributed by atoms with Crippen LogP contribution in [0.1, 0.15) is 37.0 Å². The molecule has 0 atom stereocenters. The quantitative estimate of drug-likeness (QED) is 0.230. The van der Waals surface area contributed by atoms with Gasteiger partial charge < -0.3 is 4.74 Å². The lowest BCUT2D eigenvalue weighted by Crippen LogP contribution is -2.01. The minimum atomic E-state index is -1.01. The van der Waals surface area contributed by atoms with Crippen LogP contribution in [0.5, 0.6) is 5.75 Å². The second kappa shape index (κ2) is 10.8. The highest BCUT2D eigenvalue weighted by Crippen LogP contribution is 2.32. The van der Waals surface area contributed by atoms with Gasteiger partial charge in [0.1, 0.15) is 6.61 Å². The summed E-state index contributed by atoms with van der Waals surface area (Å²) in [5.74, 6) is -3.88. The monoisotopic (exact) mass is 478 g/mol. The molecule has 0 saturated heterocycles. The molecule has 0 aliphatic heterocycles. The van der Waals surface area contributed by atoms with Gasteiger partial charge in [-0.15, -0.1) is 0 Å². The molecule has 0 aliphatic rings. The average Bonchev–Trinajstić information content (AvgIpc) is 2.88. The van der Waals surface area contributed by atoms with E-state index >= 15 is 0 Å². The number of hydrogen-bond acceptors (Lipinski definition) is 1. The van der Waals surface area contributed by atoms with Crippen molar-refractivity contribution in [1.29, 1.82) is 0 Å². The van der Waals surface area contributed by atoms with Gasteiger partial charge in [0.15, 0.2) is 23.2 Å². The highest BCUT2D eigenvalue weighted by atomic mass is 19.2. The van der Waals surface area contributed by atoms with Crippen molar-refractivity contribution in [2.24, 2.45) is 0 Å². The maximum atomic E-state index is 14.9. The third-order valence-electron chi connectivity index (χ3n) is 6.06. The summed E-state index contributed by atoms with van der Waals surface area (Å²) in [6, 6.07) is 20.1. The minimum absolute atomic E-state index is 0.00724.